The van der Waals surface area contributed by atoms with Crippen LogP contribution in [-0.2, 0) is 0 Å². The van der Waals surface area contributed by atoms with E-state index in [2.05, 4.69) is 26.2 Å². The Morgan fingerprint density at radius 2 is 1.92 bits per heavy atom. The van der Waals surface area contributed by atoms with E-state index >= 15 is 0 Å². The van der Waals surface area contributed by atoms with Crippen molar-refractivity contribution < 1.29 is 14.3 Å². The molecule has 4 rings (SSSR count). The van der Waals surface area contributed by atoms with Gasteiger partial charge in [-0.3, -0.25) is 10.1 Å². The molecule has 1 amide bonds. The normalized spacial score (nSPS) is 12.2. The van der Waals surface area contributed by atoms with Crippen LogP contribution in [0.4, 0.5) is 5.13 Å². The number of anilines is 1. The standard InChI is InChI=1S/C17H11BrN2O3S/c18-12-4-1-10(2-5-12)13-8-24-17(19-13)20-16(21)11-3-6-14-15(7-11)23-9-22-14/h1-8H,9H2,(H,19,20,21). The molecule has 5 nitrogen and oxygen atoms in total. The lowest BCUT2D eigenvalue weighted by Crippen LogP contribution is -2.11. The number of halogens is 1. The van der Waals surface area contributed by atoms with E-state index < -0.39 is 0 Å². The first kappa shape index (κ1) is 15.2. The van der Waals surface area contributed by atoms with Gasteiger partial charge < -0.3 is 9.47 Å². The molecule has 7 heteroatoms. The van der Waals surface area contributed by atoms with Crippen LogP contribution >= 0.6 is 27.3 Å². The summed E-state index contributed by atoms with van der Waals surface area (Å²) in [5.41, 5.74) is 2.33. The van der Waals surface area contributed by atoms with Crippen LogP contribution < -0.4 is 14.8 Å². The van der Waals surface area contributed by atoms with Gasteiger partial charge in [0.25, 0.3) is 5.91 Å². The maximum absolute atomic E-state index is 12.4. The van der Waals surface area contributed by atoms with Gasteiger partial charge in [-0.2, -0.15) is 0 Å². The summed E-state index contributed by atoms with van der Waals surface area (Å²) in [7, 11) is 0. The van der Waals surface area contributed by atoms with Crippen LogP contribution in [0.15, 0.2) is 52.3 Å². The predicted molar refractivity (Wildman–Crippen MR) is 95.8 cm³/mol. The van der Waals surface area contributed by atoms with Gasteiger partial charge in [0.15, 0.2) is 16.6 Å². The van der Waals surface area contributed by atoms with Crippen molar-refractivity contribution in [3.05, 3.63) is 57.9 Å². The lowest BCUT2D eigenvalue weighted by molar-refractivity contribution is 0.102. The van der Waals surface area contributed by atoms with Crippen molar-refractivity contribution in [1.29, 1.82) is 0 Å². The van der Waals surface area contributed by atoms with Crippen LogP contribution in [0.3, 0.4) is 0 Å². The van der Waals surface area contributed by atoms with Crippen LogP contribution in [0.1, 0.15) is 10.4 Å². The average molecular weight is 403 g/mol. The van der Waals surface area contributed by atoms with E-state index in [-0.39, 0.29) is 12.7 Å². The molecular formula is C17H11BrN2O3S. The molecule has 0 aliphatic carbocycles. The SMILES string of the molecule is O=C(Nc1nc(-c2ccc(Br)cc2)cs1)c1ccc2c(c1)OCO2. The van der Waals surface area contributed by atoms with Gasteiger partial charge in [0.05, 0.1) is 5.69 Å². The third-order valence-corrected chi connectivity index (χ3v) is 4.79. The van der Waals surface area contributed by atoms with Gasteiger partial charge in [-0.15, -0.1) is 11.3 Å². The van der Waals surface area contributed by atoms with Crippen LogP contribution in [0.5, 0.6) is 11.5 Å². The van der Waals surface area contributed by atoms with Crippen LogP contribution in [0.2, 0.25) is 0 Å². The first-order chi connectivity index (χ1) is 11.7. The fourth-order valence-corrected chi connectivity index (χ4v) is 3.27. The summed E-state index contributed by atoms with van der Waals surface area (Å²) in [6, 6.07) is 13.0. The Bertz CT molecular complexity index is 908. The number of aromatic nitrogens is 1. The molecule has 0 radical (unpaired) electrons. The number of thiazole rings is 1. The van der Waals surface area contributed by atoms with Gasteiger partial charge in [0, 0.05) is 21.0 Å². The summed E-state index contributed by atoms with van der Waals surface area (Å²) in [6.07, 6.45) is 0. The highest BCUT2D eigenvalue weighted by molar-refractivity contribution is 9.10. The van der Waals surface area contributed by atoms with Gasteiger partial charge >= 0.3 is 0 Å². The van der Waals surface area contributed by atoms with Crippen molar-refractivity contribution in [2.24, 2.45) is 0 Å². The molecule has 0 bridgehead atoms. The van der Waals surface area contributed by atoms with Gasteiger partial charge in [-0.1, -0.05) is 28.1 Å². The summed E-state index contributed by atoms with van der Waals surface area (Å²) in [6.45, 7) is 0.184. The van der Waals surface area contributed by atoms with Gasteiger partial charge in [-0.05, 0) is 30.3 Å². The number of carbonyl (C=O) groups excluding carboxylic acids is 1. The number of nitrogens with one attached hydrogen (secondary N) is 1. The third-order valence-electron chi connectivity index (χ3n) is 3.50. The largest absolute Gasteiger partial charge is 0.454 e. The van der Waals surface area contributed by atoms with Gasteiger partial charge in [0.2, 0.25) is 6.79 Å². The van der Waals surface area contributed by atoms with Crippen molar-refractivity contribution in [1.82, 2.24) is 4.98 Å². The molecule has 3 aromatic rings. The Morgan fingerprint density at radius 1 is 1.12 bits per heavy atom. The fraction of sp³-hybridized carbons (Fsp3) is 0.0588. The zero-order chi connectivity index (χ0) is 16.5. The number of hydrogen-bond donors (Lipinski definition) is 1. The Balaban J connectivity index is 1.51. The average Bonchev–Trinajstić information content (AvgIpc) is 3.24. The van der Waals surface area contributed by atoms with Crippen LogP contribution in [-0.4, -0.2) is 17.7 Å². The summed E-state index contributed by atoms with van der Waals surface area (Å²) >= 11 is 4.80. The molecule has 1 N–H and O–H groups in total. The van der Waals surface area contributed by atoms with Crippen LogP contribution in [0.25, 0.3) is 11.3 Å². The maximum atomic E-state index is 12.4. The number of carbonyl (C=O) groups is 1. The number of fused-ring (bicyclic) bond motifs is 1. The predicted octanol–water partition coefficient (Wildman–Crippen LogP) is 4.55. The zero-order valence-electron chi connectivity index (χ0n) is 12.3. The number of amides is 1. The molecule has 0 atom stereocenters. The monoisotopic (exact) mass is 402 g/mol. The molecule has 0 fully saturated rings. The van der Waals surface area contributed by atoms with Crippen molar-refractivity contribution in [3.8, 4) is 22.8 Å². The Morgan fingerprint density at radius 3 is 2.75 bits per heavy atom. The number of hydrogen-bond acceptors (Lipinski definition) is 5. The molecule has 2 heterocycles. The van der Waals surface area contributed by atoms with E-state index in [9.17, 15) is 4.79 Å². The highest BCUT2D eigenvalue weighted by Gasteiger charge is 2.17. The quantitative estimate of drug-likeness (QED) is 0.697. The van der Waals surface area contributed by atoms with Crippen molar-refractivity contribution in [2.45, 2.75) is 0 Å². The van der Waals surface area contributed by atoms with Crippen molar-refractivity contribution in [2.75, 3.05) is 12.1 Å². The second kappa shape index (κ2) is 6.26. The minimum atomic E-state index is -0.231. The van der Waals surface area contributed by atoms with Gasteiger partial charge in [-0.25, -0.2) is 4.98 Å². The summed E-state index contributed by atoms with van der Waals surface area (Å²) in [5.74, 6) is 1.00. The lowest BCUT2D eigenvalue weighted by atomic mass is 10.2. The molecule has 1 aliphatic heterocycles. The van der Waals surface area contributed by atoms with E-state index in [0.717, 1.165) is 15.7 Å². The fourth-order valence-electron chi connectivity index (χ4n) is 2.29. The summed E-state index contributed by atoms with van der Waals surface area (Å²) in [5, 5.41) is 5.28. The maximum Gasteiger partial charge on any atom is 0.257 e. The smallest absolute Gasteiger partial charge is 0.257 e. The first-order valence-corrected chi connectivity index (χ1v) is 8.79. The molecule has 0 saturated heterocycles. The molecule has 0 unspecified atom stereocenters. The third kappa shape index (κ3) is 3.00. The minimum Gasteiger partial charge on any atom is -0.454 e. The number of rotatable bonds is 3. The molecule has 120 valence electrons. The highest BCUT2D eigenvalue weighted by Crippen LogP contribution is 2.33. The Kier molecular flexibility index (Phi) is 3.95. The van der Waals surface area contributed by atoms with Crippen molar-refractivity contribution in [3.63, 3.8) is 0 Å². The van der Waals surface area contributed by atoms with E-state index in [4.69, 9.17) is 9.47 Å². The van der Waals surface area contributed by atoms with E-state index in [1.807, 2.05) is 29.6 Å². The van der Waals surface area contributed by atoms with E-state index in [1.54, 1.807) is 18.2 Å². The molecule has 1 aromatic heterocycles. The number of benzene rings is 2. The van der Waals surface area contributed by atoms with Crippen LogP contribution in [0, 0.1) is 0 Å². The summed E-state index contributed by atoms with van der Waals surface area (Å²) in [4.78, 5) is 16.8. The number of ether oxygens (including phenoxy) is 2. The topological polar surface area (TPSA) is 60.5 Å². The second-order valence-corrected chi connectivity index (χ2v) is 6.84. The molecule has 0 saturated carbocycles. The summed E-state index contributed by atoms with van der Waals surface area (Å²) < 4.78 is 11.5. The lowest BCUT2D eigenvalue weighted by Gasteiger charge is -2.03. The van der Waals surface area contributed by atoms with E-state index in [1.165, 1.54) is 11.3 Å². The van der Waals surface area contributed by atoms with Crippen molar-refractivity contribution >= 4 is 38.3 Å². The Labute approximate surface area is 150 Å². The van der Waals surface area contributed by atoms with Gasteiger partial charge in [0.1, 0.15) is 0 Å². The molecule has 2 aromatic carbocycles. The molecule has 1 aliphatic rings. The Hall–Kier alpha value is -2.38. The van der Waals surface area contributed by atoms with E-state index in [0.29, 0.717) is 22.2 Å². The zero-order valence-corrected chi connectivity index (χ0v) is 14.7. The molecule has 0 spiro atoms. The molecule has 24 heavy (non-hydrogen) atoms. The molecular weight excluding hydrogens is 392 g/mol. The first-order valence-electron chi connectivity index (χ1n) is 7.11. The second-order valence-electron chi connectivity index (χ2n) is 5.07. The highest BCUT2D eigenvalue weighted by atomic mass is 79.9. The number of nitrogens with zero attached hydrogens (tertiary/aromatic N) is 1. The minimum absolute atomic E-state index is 0.184.